The number of ether oxygens (including phenoxy) is 3. The standard InChI is InChI=1S/C54H94N8O10/c1-17-36(8)46(61(14)52(68)44(34(4)5)59-51(67)45(35(6)7)60(12)13)41(70-15)32-42(63)62-29-21-25-40(62)47(71-16)37(9)48(64)58-39(31-38-23-19-18-20-24-38)49(65)56-27-22-30-72-53(69)54(10,11)26-28-57-50(66)43(55)33(2)3/h18-20,23-24,33-37,39-41,43-47H,17,21-22,25-32,55H2,1-16H3,(H,56,65)(H,57,66)(H,58,64)(H,59,67)/t36-,37+,39-,40-,41+,43-,44-,45-,46-,47+/m0/s1. The van der Waals surface area contributed by atoms with Crippen LogP contribution < -0.4 is 27.0 Å². The SMILES string of the molecule is CC[C@H](C)[C@@H]([C@@H](CC(=O)N1CCC[C@H]1[C@H](OC)[C@@H](C)C(=O)N[C@@H](Cc1ccccc1)C(=O)NCCCOC(=O)C(C)(C)CCNC(=O)[C@@H](N)C(C)C)OC)N(C)C(=O)[C@@H](NC(=O)[C@H](C(C)C)N(C)C)C(C)C. The molecule has 18 heteroatoms. The lowest BCUT2D eigenvalue weighted by atomic mass is 9.89. The Morgan fingerprint density at radius 3 is 1.97 bits per heavy atom. The zero-order valence-electron chi connectivity index (χ0n) is 46.7. The predicted molar refractivity (Wildman–Crippen MR) is 280 cm³/mol. The van der Waals surface area contributed by atoms with Gasteiger partial charge in [0.2, 0.25) is 35.4 Å². The molecule has 0 radical (unpaired) electrons. The van der Waals surface area contributed by atoms with E-state index in [4.69, 9.17) is 19.9 Å². The minimum absolute atomic E-state index is 0.0166. The van der Waals surface area contributed by atoms with E-state index in [9.17, 15) is 33.6 Å². The molecule has 6 amide bonds. The van der Waals surface area contributed by atoms with Gasteiger partial charge in [0.1, 0.15) is 12.1 Å². The lowest BCUT2D eigenvalue weighted by Crippen LogP contribution is -2.59. The van der Waals surface area contributed by atoms with E-state index in [1.165, 1.54) is 7.11 Å². The molecule has 6 N–H and O–H groups in total. The van der Waals surface area contributed by atoms with Gasteiger partial charge >= 0.3 is 5.97 Å². The number of hydrogen-bond acceptors (Lipinski definition) is 12. The average molecular weight is 1020 g/mol. The summed E-state index contributed by atoms with van der Waals surface area (Å²) in [5, 5.41) is 11.7. The van der Waals surface area contributed by atoms with E-state index in [1.54, 1.807) is 44.7 Å². The largest absolute Gasteiger partial charge is 0.465 e. The average Bonchev–Trinajstić information content (AvgIpc) is 3.81. The van der Waals surface area contributed by atoms with Crippen LogP contribution >= 0.6 is 0 Å². The van der Waals surface area contributed by atoms with Gasteiger partial charge in [-0.15, -0.1) is 0 Å². The zero-order chi connectivity index (χ0) is 54.6. The van der Waals surface area contributed by atoms with Crippen molar-refractivity contribution in [2.45, 2.75) is 170 Å². The van der Waals surface area contributed by atoms with Crippen LogP contribution in [0.2, 0.25) is 0 Å². The highest BCUT2D eigenvalue weighted by Crippen LogP contribution is 2.30. The molecule has 1 saturated heterocycles. The molecule has 1 aliphatic rings. The summed E-state index contributed by atoms with van der Waals surface area (Å²) in [5.74, 6) is -3.27. The molecule has 0 spiro atoms. The van der Waals surface area contributed by atoms with Crippen LogP contribution in [0.4, 0.5) is 0 Å². The number of likely N-dealkylation sites (N-methyl/N-ethyl adjacent to an activating group) is 2. The van der Waals surface area contributed by atoms with Gasteiger partial charge in [-0.2, -0.15) is 0 Å². The summed E-state index contributed by atoms with van der Waals surface area (Å²) < 4.78 is 17.6. The summed E-state index contributed by atoms with van der Waals surface area (Å²) in [6.07, 6.45) is 1.44. The van der Waals surface area contributed by atoms with E-state index in [-0.39, 0.29) is 79.8 Å². The van der Waals surface area contributed by atoms with Crippen molar-refractivity contribution in [2.75, 3.05) is 61.6 Å². The Morgan fingerprint density at radius 1 is 0.806 bits per heavy atom. The maximum Gasteiger partial charge on any atom is 0.311 e. The molecular weight excluding hydrogens is 921 g/mol. The topological polar surface area (TPSA) is 231 Å². The number of likely N-dealkylation sites (tertiary alicyclic amines) is 1. The number of nitrogens with two attached hydrogens (primary N) is 1. The molecule has 0 unspecified atom stereocenters. The quantitative estimate of drug-likeness (QED) is 0.0527. The summed E-state index contributed by atoms with van der Waals surface area (Å²) in [6, 6.07) is 5.57. The van der Waals surface area contributed by atoms with Gasteiger partial charge in [0, 0.05) is 47.3 Å². The van der Waals surface area contributed by atoms with Crippen LogP contribution in [0.3, 0.4) is 0 Å². The molecule has 2 rings (SSSR count). The van der Waals surface area contributed by atoms with Crippen LogP contribution in [0.15, 0.2) is 30.3 Å². The molecule has 0 aliphatic carbocycles. The maximum absolute atomic E-state index is 14.5. The monoisotopic (exact) mass is 1010 g/mol. The first-order valence-corrected chi connectivity index (χ1v) is 26.2. The molecule has 1 heterocycles. The first kappa shape index (κ1) is 63.5. The smallest absolute Gasteiger partial charge is 0.311 e. The van der Waals surface area contributed by atoms with Crippen molar-refractivity contribution in [3.63, 3.8) is 0 Å². The van der Waals surface area contributed by atoms with Crippen molar-refractivity contribution < 1.29 is 47.8 Å². The van der Waals surface area contributed by atoms with Crippen molar-refractivity contribution in [1.82, 2.24) is 36.0 Å². The van der Waals surface area contributed by atoms with E-state index in [0.29, 0.717) is 38.6 Å². The van der Waals surface area contributed by atoms with Gasteiger partial charge < -0.3 is 51.0 Å². The van der Waals surface area contributed by atoms with E-state index in [2.05, 4.69) is 21.3 Å². The maximum atomic E-state index is 14.5. The van der Waals surface area contributed by atoms with Crippen LogP contribution in [0.5, 0.6) is 0 Å². The van der Waals surface area contributed by atoms with Crippen molar-refractivity contribution >= 4 is 41.4 Å². The molecular formula is C54H94N8O10. The van der Waals surface area contributed by atoms with Crippen molar-refractivity contribution in [3.8, 4) is 0 Å². The van der Waals surface area contributed by atoms with Crippen molar-refractivity contribution in [1.29, 1.82) is 0 Å². The van der Waals surface area contributed by atoms with Crippen LogP contribution in [0, 0.1) is 35.0 Å². The second-order valence-corrected chi connectivity index (χ2v) is 21.7. The number of hydrogen-bond donors (Lipinski definition) is 5. The number of nitrogens with one attached hydrogen (secondary N) is 4. The summed E-state index contributed by atoms with van der Waals surface area (Å²) in [5.41, 5.74) is 5.89. The third-order valence-electron chi connectivity index (χ3n) is 14.3. The van der Waals surface area contributed by atoms with Gasteiger partial charge in [0.15, 0.2) is 0 Å². The molecule has 410 valence electrons. The molecule has 72 heavy (non-hydrogen) atoms. The van der Waals surface area contributed by atoms with E-state index in [1.807, 2.05) is 105 Å². The highest BCUT2D eigenvalue weighted by Gasteiger charge is 2.44. The highest BCUT2D eigenvalue weighted by atomic mass is 16.5. The normalized spacial score (nSPS) is 17.8. The van der Waals surface area contributed by atoms with E-state index < -0.39 is 77.6 Å². The summed E-state index contributed by atoms with van der Waals surface area (Å²) in [6.45, 7) is 21.7. The minimum atomic E-state index is -0.949. The number of carbonyl (C=O) groups excluding carboxylic acids is 7. The van der Waals surface area contributed by atoms with E-state index >= 15 is 0 Å². The van der Waals surface area contributed by atoms with Gasteiger partial charge in [-0.3, -0.25) is 38.5 Å². The Balaban J connectivity index is 2.19. The number of benzene rings is 1. The second kappa shape index (κ2) is 30.5. The first-order valence-electron chi connectivity index (χ1n) is 26.2. The number of rotatable bonds is 31. The molecule has 18 nitrogen and oxygen atoms in total. The molecule has 0 bridgehead atoms. The molecule has 10 atom stereocenters. The number of methoxy groups -OCH3 is 2. The summed E-state index contributed by atoms with van der Waals surface area (Å²) >= 11 is 0. The lowest BCUT2D eigenvalue weighted by Gasteiger charge is -2.41. The third-order valence-corrected chi connectivity index (χ3v) is 14.3. The van der Waals surface area contributed by atoms with Crippen molar-refractivity contribution in [2.24, 2.45) is 40.7 Å². The number of carbonyl (C=O) groups is 7. The molecule has 0 saturated carbocycles. The Morgan fingerprint density at radius 2 is 1.43 bits per heavy atom. The van der Waals surface area contributed by atoms with Gasteiger partial charge in [-0.25, -0.2) is 0 Å². The Hall–Kier alpha value is -4.65. The number of nitrogens with zero attached hydrogens (tertiary/aromatic N) is 3. The van der Waals surface area contributed by atoms with Gasteiger partial charge in [0.05, 0.1) is 60.7 Å². The Bertz CT molecular complexity index is 1870. The fourth-order valence-electron chi connectivity index (χ4n) is 9.56. The third kappa shape index (κ3) is 18.7. The number of esters is 1. The fourth-order valence-corrected chi connectivity index (χ4v) is 9.56. The molecule has 1 aliphatic heterocycles. The minimum Gasteiger partial charge on any atom is -0.465 e. The Kier molecular flexibility index (Phi) is 26.9. The van der Waals surface area contributed by atoms with Crippen LogP contribution in [-0.2, 0) is 54.2 Å². The predicted octanol–water partition coefficient (Wildman–Crippen LogP) is 3.93. The second-order valence-electron chi connectivity index (χ2n) is 21.7. The van der Waals surface area contributed by atoms with Crippen molar-refractivity contribution in [3.05, 3.63) is 35.9 Å². The number of amides is 6. The van der Waals surface area contributed by atoms with Crippen LogP contribution in [0.1, 0.15) is 120 Å². The Labute approximate surface area is 431 Å². The van der Waals surface area contributed by atoms with Crippen LogP contribution in [-0.4, -0.2) is 166 Å². The first-order chi connectivity index (χ1) is 33.7. The molecule has 0 aromatic heterocycles. The van der Waals surface area contributed by atoms with Gasteiger partial charge in [0.25, 0.3) is 0 Å². The van der Waals surface area contributed by atoms with E-state index in [0.717, 1.165) is 5.56 Å². The molecule has 1 fully saturated rings. The summed E-state index contributed by atoms with van der Waals surface area (Å²) in [7, 11) is 8.46. The lowest BCUT2D eigenvalue weighted by molar-refractivity contribution is -0.154. The molecule has 1 aromatic rings. The van der Waals surface area contributed by atoms with Gasteiger partial charge in [-0.05, 0) is 82.9 Å². The molecule has 1 aromatic carbocycles. The van der Waals surface area contributed by atoms with Crippen LogP contribution in [0.25, 0.3) is 0 Å². The highest BCUT2D eigenvalue weighted by molar-refractivity contribution is 5.91. The van der Waals surface area contributed by atoms with Gasteiger partial charge in [-0.1, -0.05) is 99.1 Å². The zero-order valence-corrected chi connectivity index (χ0v) is 46.7. The summed E-state index contributed by atoms with van der Waals surface area (Å²) in [4.78, 5) is 101. The fraction of sp³-hybridized carbons (Fsp3) is 0.759.